The molecule has 144 valence electrons. The van der Waals surface area contributed by atoms with Gasteiger partial charge in [0, 0.05) is 5.69 Å². The number of ether oxygens (including phenoxy) is 2. The first kappa shape index (κ1) is 19.3. The molecule has 0 saturated heterocycles. The summed E-state index contributed by atoms with van der Waals surface area (Å²) in [4.78, 5) is 24.0. The van der Waals surface area contributed by atoms with Crippen molar-refractivity contribution in [1.82, 2.24) is 0 Å². The summed E-state index contributed by atoms with van der Waals surface area (Å²) >= 11 is 0. The summed E-state index contributed by atoms with van der Waals surface area (Å²) in [5.41, 5.74) is 1.19. The zero-order valence-corrected chi connectivity index (χ0v) is 14.7. The Hall–Kier alpha value is -3.48. The van der Waals surface area contributed by atoms with Gasteiger partial charge in [-0.15, -0.1) is 0 Å². The molecule has 0 heterocycles. The van der Waals surface area contributed by atoms with Crippen LogP contribution >= 0.6 is 0 Å². The quantitative estimate of drug-likeness (QED) is 0.620. The highest BCUT2D eigenvalue weighted by atomic mass is 19.3. The Morgan fingerprint density at radius 2 is 1.64 bits per heavy atom. The Labute approximate surface area is 159 Å². The summed E-state index contributed by atoms with van der Waals surface area (Å²) in [7, 11) is 0. The molecule has 3 aromatic carbocycles. The molecular formula is C21H17F2NO4. The SMILES string of the molecule is O=C(COC(=O)Cc1cccc2ccccc12)Nc1ccc(OC(F)F)cc1. The number of esters is 1. The zero-order chi connectivity index (χ0) is 19.9. The summed E-state index contributed by atoms with van der Waals surface area (Å²) in [6.45, 7) is -3.36. The maximum Gasteiger partial charge on any atom is 0.387 e. The van der Waals surface area contributed by atoms with Crippen LogP contribution in [0.25, 0.3) is 10.8 Å². The third kappa shape index (κ3) is 5.26. The van der Waals surface area contributed by atoms with Crippen LogP contribution in [0.3, 0.4) is 0 Å². The second-order valence-electron chi connectivity index (χ2n) is 5.93. The van der Waals surface area contributed by atoms with Crippen molar-refractivity contribution in [2.24, 2.45) is 0 Å². The fraction of sp³-hybridized carbons (Fsp3) is 0.143. The fourth-order valence-corrected chi connectivity index (χ4v) is 2.72. The van der Waals surface area contributed by atoms with E-state index in [1.165, 1.54) is 24.3 Å². The van der Waals surface area contributed by atoms with E-state index in [1.807, 2.05) is 42.5 Å². The van der Waals surface area contributed by atoms with E-state index in [0.29, 0.717) is 5.69 Å². The second kappa shape index (κ2) is 8.94. The average Bonchev–Trinajstić information content (AvgIpc) is 2.68. The number of hydrogen-bond donors (Lipinski definition) is 1. The molecule has 5 nitrogen and oxygen atoms in total. The minimum atomic E-state index is -2.92. The van der Waals surface area contributed by atoms with E-state index in [9.17, 15) is 18.4 Å². The number of anilines is 1. The third-order valence-electron chi connectivity index (χ3n) is 3.94. The van der Waals surface area contributed by atoms with Gasteiger partial charge in [-0.2, -0.15) is 8.78 Å². The molecule has 1 N–H and O–H groups in total. The molecule has 0 fully saturated rings. The third-order valence-corrected chi connectivity index (χ3v) is 3.94. The van der Waals surface area contributed by atoms with Crippen molar-refractivity contribution < 1.29 is 27.8 Å². The van der Waals surface area contributed by atoms with Crippen molar-refractivity contribution in [3.8, 4) is 5.75 Å². The monoisotopic (exact) mass is 385 g/mol. The van der Waals surface area contributed by atoms with Gasteiger partial charge in [0.05, 0.1) is 6.42 Å². The molecule has 0 atom stereocenters. The predicted octanol–water partition coefficient (Wildman–Crippen LogP) is 4.17. The number of nitrogens with one attached hydrogen (secondary N) is 1. The summed E-state index contributed by atoms with van der Waals surface area (Å²) < 4.78 is 33.5. The highest BCUT2D eigenvalue weighted by Crippen LogP contribution is 2.19. The Morgan fingerprint density at radius 1 is 0.929 bits per heavy atom. The molecule has 0 spiro atoms. The molecule has 0 unspecified atom stereocenters. The lowest BCUT2D eigenvalue weighted by molar-refractivity contribution is -0.146. The van der Waals surface area contributed by atoms with E-state index in [4.69, 9.17) is 4.74 Å². The van der Waals surface area contributed by atoms with Crippen LogP contribution in [0.15, 0.2) is 66.7 Å². The zero-order valence-electron chi connectivity index (χ0n) is 14.7. The molecule has 7 heteroatoms. The number of carbonyl (C=O) groups excluding carboxylic acids is 2. The van der Waals surface area contributed by atoms with Gasteiger partial charge in [0.2, 0.25) is 0 Å². The molecule has 0 aliphatic carbocycles. The van der Waals surface area contributed by atoms with E-state index in [-0.39, 0.29) is 12.2 Å². The van der Waals surface area contributed by atoms with Gasteiger partial charge in [0.1, 0.15) is 5.75 Å². The number of hydrogen-bond acceptors (Lipinski definition) is 4. The van der Waals surface area contributed by atoms with Crippen LogP contribution in [-0.2, 0) is 20.7 Å². The molecule has 1 amide bonds. The van der Waals surface area contributed by atoms with E-state index in [1.54, 1.807) is 0 Å². The predicted molar refractivity (Wildman–Crippen MR) is 100 cm³/mol. The second-order valence-corrected chi connectivity index (χ2v) is 5.93. The van der Waals surface area contributed by atoms with Gasteiger partial charge in [-0.25, -0.2) is 0 Å². The van der Waals surface area contributed by atoms with E-state index in [0.717, 1.165) is 16.3 Å². The first-order valence-electron chi connectivity index (χ1n) is 8.48. The van der Waals surface area contributed by atoms with E-state index >= 15 is 0 Å². The first-order chi connectivity index (χ1) is 13.5. The van der Waals surface area contributed by atoms with Gasteiger partial charge in [0.15, 0.2) is 6.61 Å². The van der Waals surface area contributed by atoms with Crippen molar-refractivity contribution in [3.63, 3.8) is 0 Å². The van der Waals surface area contributed by atoms with E-state index < -0.39 is 25.1 Å². The van der Waals surface area contributed by atoms with Gasteiger partial charge >= 0.3 is 12.6 Å². The molecule has 0 aromatic heterocycles. The maximum absolute atomic E-state index is 12.1. The van der Waals surface area contributed by atoms with Crippen LogP contribution in [0.1, 0.15) is 5.56 Å². The number of rotatable bonds is 7. The Bertz CT molecular complexity index is 968. The normalized spacial score (nSPS) is 10.7. The summed E-state index contributed by atoms with van der Waals surface area (Å²) in [5, 5.41) is 4.49. The Balaban J connectivity index is 1.51. The van der Waals surface area contributed by atoms with Crippen molar-refractivity contribution in [2.45, 2.75) is 13.0 Å². The lowest BCUT2D eigenvalue weighted by Gasteiger charge is -2.09. The van der Waals surface area contributed by atoms with Crippen molar-refractivity contribution in [2.75, 3.05) is 11.9 Å². The molecule has 28 heavy (non-hydrogen) atoms. The number of amides is 1. The van der Waals surface area contributed by atoms with E-state index in [2.05, 4.69) is 10.1 Å². The van der Waals surface area contributed by atoms with Crippen LogP contribution in [0, 0.1) is 0 Å². The largest absolute Gasteiger partial charge is 0.455 e. The minimum Gasteiger partial charge on any atom is -0.455 e. The lowest BCUT2D eigenvalue weighted by atomic mass is 10.0. The smallest absolute Gasteiger partial charge is 0.387 e. The molecule has 0 radical (unpaired) electrons. The Morgan fingerprint density at radius 3 is 2.39 bits per heavy atom. The van der Waals surface area contributed by atoms with Gasteiger partial charge in [0.25, 0.3) is 5.91 Å². The van der Waals surface area contributed by atoms with Crippen LogP contribution in [0.5, 0.6) is 5.75 Å². The molecule has 0 bridgehead atoms. The van der Waals surface area contributed by atoms with Crippen molar-refractivity contribution >= 4 is 28.3 Å². The van der Waals surface area contributed by atoms with Crippen LogP contribution < -0.4 is 10.1 Å². The fourth-order valence-electron chi connectivity index (χ4n) is 2.72. The number of benzene rings is 3. The summed E-state index contributed by atoms with van der Waals surface area (Å²) in [6.07, 6.45) is 0.0499. The average molecular weight is 385 g/mol. The standard InChI is InChI=1S/C21H17F2NO4/c22-21(23)28-17-10-8-16(9-11-17)24-19(25)13-27-20(26)12-15-6-3-5-14-4-1-2-7-18(14)15/h1-11,21H,12-13H2,(H,24,25). The number of fused-ring (bicyclic) bond motifs is 1. The van der Waals surface area contributed by atoms with Gasteiger partial charge < -0.3 is 14.8 Å². The van der Waals surface area contributed by atoms with Crippen molar-refractivity contribution in [3.05, 3.63) is 72.3 Å². The van der Waals surface area contributed by atoms with Crippen molar-refractivity contribution in [1.29, 1.82) is 0 Å². The highest BCUT2D eigenvalue weighted by molar-refractivity contribution is 5.93. The summed E-state index contributed by atoms with van der Waals surface area (Å²) in [6, 6.07) is 18.8. The Kier molecular flexibility index (Phi) is 6.16. The number of alkyl halides is 2. The number of carbonyl (C=O) groups is 2. The van der Waals surface area contributed by atoms with Gasteiger partial charge in [-0.3, -0.25) is 9.59 Å². The van der Waals surface area contributed by atoms with Crippen LogP contribution in [-0.4, -0.2) is 25.1 Å². The molecule has 0 saturated carbocycles. The first-order valence-corrected chi connectivity index (χ1v) is 8.48. The van der Waals surface area contributed by atoms with Gasteiger partial charge in [-0.05, 0) is 40.6 Å². The van der Waals surface area contributed by atoms with Crippen LogP contribution in [0.4, 0.5) is 14.5 Å². The molecular weight excluding hydrogens is 368 g/mol. The maximum atomic E-state index is 12.1. The molecule has 0 aliphatic rings. The lowest BCUT2D eigenvalue weighted by Crippen LogP contribution is -2.21. The topological polar surface area (TPSA) is 64.6 Å². The van der Waals surface area contributed by atoms with Crippen LogP contribution in [0.2, 0.25) is 0 Å². The summed E-state index contributed by atoms with van der Waals surface area (Å²) in [5.74, 6) is -1.07. The van der Waals surface area contributed by atoms with Gasteiger partial charge in [-0.1, -0.05) is 42.5 Å². The molecule has 0 aliphatic heterocycles. The highest BCUT2D eigenvalue weighted by Gasteiger charge is 2.11. The minimum absolute atomic E-state index is 0.0190. The number of halogens is 2. The molecule has 3 rings (SSSR count). The molecule has 3 aromatic rings.